The molecule has 7 unspecified atom stereocenters. The summed E-state index contributed by atoms with van der Waals surface area (Å²) in [4.78, 5) is 12.2. The van der Waals surface area contributed by atoms with Crippen molar-refractivity contribution in [2.75, 3.05) is 0 Å². The minimum absolute atomic E-state index is 0.0609. The molecule has 0 aromatic rings. The molecule has 0 amide bonds. The van der Waals surface area contributed by atoms with E-state index in [2.05, 4.69) is 20.8 Å². The summed E-state index contributed by atoms with van der Waals surface area (Å²) in [5.41, 5.74) is 0.699. The fraction of sp³-hybridized carbons (Fsp3) is 0.955. The number of aliphatic hydroxyl groups is 1. The van der Waals surface area contributed by atoms with Gasteiger partial charge in [0.05, 0.1) is 6.10 Å². The highest BCUT2D eigenvalue weighted by atomic mass is 16.3. The van der Waals surface area contributed by atoms with Crippen LogP contribution in [-0.2, 0) is 4.79 Å². The van der Waals surface area contributed by atoms with Gasteiger partial charge in [-0.05, 0) is 98.7 Å². The monoisotopic (exact) mass is 332 g/mol. The number of hydrogen-bond acceptors (Lipinski definition) is 2. The molecule has 0 aliphatic heterocycles. The van der Waals surface area contributed by atoms with Gasteiger partial charge in [0.25, 0.3) is 0 Å². The van der Waals surface area contributed by atoms with E-state index in [9.17, 15) is 9.90 Å². The van der Waals surface area contributed by atoms with Gasteiger partial charge in [-0.1, -0.05) is 20.8 Å². The third kappa shape index (κ3) is 2.20. The van der Waals surface area contributed by atoms with Gasteiger partial charge in [0.15, 0.2) is 0 Å². The van der Waals surface area contributed by atoms with Crippen LogP contribution in [0.1, 0.15) is 79.1 Å². The van der Waals surface area contributed by atoms with Gasteiger partial charge in [0, 0.05) is 5.92 Å². The SMILES string of the molecule is CC(=O)C1CCC2C3C(C)CC4CC(O)CC[C@]4(C)C3CC[C@]12C. The Hall–Kier alpha value is -0.370. The van der Waals surface area contributed by atoms with Gasteiger partial charge in [-0.25, -0.2) is 0 Å². The molecule has 4 aliphatic carbocycles. The van der Waals surface area contributed by atoms with Gasteiger partial charge in [-0.15, -0.1) is 0 Å². The summed E-state index contributed by atoms with van der Waals surface area (Å²) in [5, 5.41) is 10.2. The molecule has 2 nitrogen and oxygen atoms in total. The lowest BCUT2D eigenvalue weighted by Gasteiger charge is -2.62. The summed E-state index contributed by atoms with van der Waals surface area (Å²) in [6.07, 6.45) is 9.45. The second-order valence-corrected chi connectivity index (χ2v) is 10.4. The fourth-order valence-electron chi connectivity index (χ4n) is 8.28. The first-order chi connectivity index (χ1) is 11.3. The number of fused-ring (bicyclic) bond motifs is 5. The van der Waals surface area contributed by atoms with Crippen molar-refractivity contribution >= 4 is 5.78 Å². The van der Waals surface area contributed by atoms with E-state index >= 15 is 0 Å². The number of rotatable bonds is 1. The maximum absolute atomic E-state index is 12.2. The van der Waals surface area contributed by atoms with Crippen molar-refractivity contribution < 1.29 is 9.90 Å². The first kappa shape index (κ1) is 17.1. The minimum atomic E-state index is -0.0609. The molecule has 0 saturated heterocycles. The zero-order valence-electron chi connectivity index (χ0n) is 16.1. The van der Waals surface area contributed by atoms with Gasteiger partial charge < -0.3 is 5.11 Å². The van der Waals surface area contributed by atoms with Crippen LogP contribution in [0.2, 0.25) is 0 Å². The van der Waals surface area contributed by atoms with Crippen LogP contribution < -0.4 is 0 Å². The summed E-state index contributed by atoms with van der Waals surface area (Å²) in [5.74, 6) is 4.61. The third-order valence-electron chi connectivity index (χ3n) is 9.49. The van der Waals surface area contributed by atoms with Crippen molar-refractivity contribution in [3.8, 4) is 0 Å². The number of carbonyl (C=O) groups is 1. The van der Waals surface area contributed by atoms with Crippen LogP contribution >= 0.6 is 0 Å². The van der Waals surface area contributed by atoms with Crippen LogP contribution in [0, 0.1) is 46.3 Å². The maximum Gasteiger partial charge on any atom is 0.133 e. The van der Waals surface area contributed by atoms with Gasteiger partial charge >= 0.3 is 0 Å². The van der Waals surface area contributed by atoms with Crippen molar-refractivity contribution in [2.24, 2.45) is 46.3 Å². The molecule has 4 aliphatic rings. The van der Waals surface area contributed by atoms with Crippen molar-refractivity contribution in [3.05, 3.63) is 0 Å². The fourth-order valence-corrected chi connectivity index (χ4v) is 8.28. The molecule has 1 N–H and O–H groups in total. The minimum Gasteiger partial charge on any atom is -0.393 e. The van der Waals surface area contributed by atoms with E-state index < -0.39 is 0 Å². The Kier molecular flexibility index (Phi) is 3.95. The zero-order chi connectivity index (χ0) is 17.3. The molecule has 0 radical (unpaired) electrons. The Morgan fingerprint density at radius 3 is 2.33 bits per heavy atom. The topological polar surface area (TPSA) is 37.3 Å². The molecule has 136 valence electrons. The quantitative estimate of drug-likeness (QED) is 0.746. The van der Waals surface area contributed by atoms with Crippen LogP contribution in [-0.4, -0.2) is 17.0 Å². The predicted molar refractivity (Wildman–Crippen MR) is 96.5 cm³/mol. The molecule has 0 aromatic carbocycles. The Morgan fingerprint density at radius 2 is 1.62 bits per heavy atom. The smallest absolute Gasteiger partial charge is 0.133 e. The average molecular weight is 333 g/mol. The Balaban J connectivity index is 1.66. The number of Topliss-reactive ketones (excluding diaryl/α,β-unsaturated/α-hetero) is 1. The maximum atomic E-state index is 12.2. The van der Waals surface area contributed by atoms with Crippen molar-refractivity contribution in [1.82, 2.24) is 0 Å². The third-order valence-corrected chi connectivity index (χ3v) is 9.49. The molecule has 0 bridgehead atoms. The van der Waals surface area contributed by atoms with Gasteiger partial charge in [0.1, 0.15) is 5.78 Å². The first-order valence-electron chi connectivity index (χ1n) is 10.5. The van der Waals surface area contributed by atoms with Gasteiger partial charge in [-0.2, -0.15) is 0 Å². The number of ketones is 1. The van der Waals surface area contributed by atoms with E-state index in [0.717, 1.165) is 42.9 Å². The van der Waals surface area contributed by atoms with E-state index in [0.29, 0.717) is 23.0 Å². The molecule has 0 aromatic heterocycles. The molecule has 9 atom stereocenters. The zero-order valence-corrected chi connectivity index (χ0v) is 16.1. The van der Waals surface area contributed by atoms with E-state index in [1.54, 1.807) is 0 Å². The molecular formula is C22H36O2. The van der Waals surface area contributed by atoms with Gasteiger partial charge in [0.2, 0.25) is 0 Å². The number of hydrogen-bond donors (Lipinski definition) is 1. The molecule has 4 fully saturated rings. The summed E-state index contributed by atoms with van der Waals surface area (Å²) in [6.45, 7) is 9.30. The lowest BCUT2D eigenvalue weighted by Crippen LogP contribution is -2.56. The largest absolute Gasteiger partial charge is 0.393 e. The normalized spacial score (nSPS) is 57.0. The van der Waals surface area contributed by atoms with Crippen LogP contribution in [0.25, 0.3) is 0 Å². The summed E-state index contributed by atoms with van der Waals surface area (Å²) >= 11 is 0. The predicted octanol–water partition coefficient (Wildman–Crippen LogP) is 4.84. The van der Waals surface area contributed by atoms with Crippen molar-refractivity contribution in [3.63, 3.8) is 0 Å². The summed E-state index contributed by atoms with van der Waals surface area (Å²) < 4.78 is 0. The Bertz CT molecular complexity index is 528. The first-order valence-corrected chi connectivity index (χ1v) is 10.5. The van der Waals surface area contributed by atoms with Crippen LogP contribution in [0.15, 0.2) is 0 Å². The second kappa shape index (κ2) is 5.56. The highest BCUT2D eigenvalue weighted by molar-refractivity contribution is 5.79. The van der Waals surface area contributed by atoms with E-state index in [1.165, 1.54) is 32.1 Å². The Morgan fingerprint density at radius 1 is 0.958 bits per heavy atom. The van der Waals surface area contributed by atoms with E-state index in [1.807, 2.05) is 6.92 Å². The van der Waals surface area contributed by atoms with Gasteiger partial charge in [-0.3, -0.25) is 4.79 Å². The molecule has 4 saturated carbocycles. The molecular weight excluding hydrogens is 296 g/mol. The molecule has 2 heteroatoms. The van der Waals surface area contributed by atoms with Crippen molar-refractivity contribution in [1.29, 1.82) is 0 Å². The molecule has 0 heterocycles. The number of carbonyl (C=O) groups excluding carboxylic acids is 1. The van der Waals surface area contributed by atoms with E-state index in [-0.39, 0.29) is 11.5 Å². The highest BCUT2D eigenvalue weighted by Crippen LogP contribution is 2.68. The lowest BCUT2D eigenvalue weighted by molar-refractivity contribution is -0.152. The van der Waals surface area contributed by atoms with E-state index in [4.69, 9.17) is 0 Å². The molecule has 4 rings (SSSR count). The summed E-state index contributed by atoms with van der Waals surface area (Å²) in [6, 6.07) is 0. The number of aliphatic hydroxyl groups excluding tert-OH is 1. The van der Waals surface area contributed by atoms with Crippen LogP contribution in [0.4, 0.5) is 0 Å². The lowest BCUT2D eigenvalue weighted by atomic mass is 9.42. The average Bonchev–Trinajstić information content (AvgIpc) is 2.86. The second-order valence-electron chi connectivity index (χ2n) is 10.4. The highest BCUT2D eigenvalue weighted by Gasteiger charge is 2.62. The molecule has 0 spiro atoms. The van der Waals surface area contributed by atoms with Crippen LogP contribution in [0.3, 0.4) is 0 Å². The standard InChI is InChI=1S/C22H36O2/c1-13-11-15-12-16(24)7-9-21(15,3)19-8-10-22(4)17(14(2)23)5-6-18(22)20(13)19/h13,15-20,24H,5-12H2,1-4H3/t13?,15?,16?,17?,18?,19?,20?,21-,22+/m0/s1. The Labute approximate surface area is 147 Å². The summed E-state index contributed by atoms with van der Waals surface area (Å²) in [7, 11) is 0. The van der Waals surface area contributed by atoms with Crippen LogP contribution in [0.5, 0.6) is 0 Å². The van der Waals surface area contributed by atoms with Crippen molar-refractivity contribution in [2.45, 2.75) is 85.2 Å². The molecule has 24 heavy (non-hydrogen) atoms.